The maximum Gasteiger partial charge on any atom is 0.255 e. The van der Waals surface area contributed by atoms with Crippen LogP contribution in [0.2, 0.25) is 0 Å². The predicted octanol–water partition coefficient (Wildman–Crippen LogP) is 6.17. The molecule has 0 aliphatic heterocycles. The van der Waals surface area contributed by atoms with Crippen molar-refractivity contribution in [2.45, 2.75) is 20.8 Å². The summed E-state index contributed by atoms with van der Waals surface area (Å²) in [4.78, 5) is 17.7. The zero-order chi connectivity index (χ0) is 21.1. The van der Waals surface area contributed by atoms with Gasteiger partial charge in [-0.3, -0.25) is 4.79 Å². The molecular weight excluding hydrogens is 372 g/mol. The first-order chi connectivity index (χ1) is 14.5. The van der Waals surface area contributed by atoms with Gasteiger partial charge in [-0.15, -0.1) is 0 Å². The Labute approximate surface area is 176 Å². The summed E-state index contributed by atoms with van der Waals surface area (Å²) >= 11 is 0. The monoisotopic (exact) mass is 396 g/mol. The van der Waals surface area contributed by atoms with E-state index in [1.807, 2.05) is 87.5 Å². The second-order valence-corrected chi connectivity index (χ2v) is 7.31. The van der Waals surface area contributed by atoms with E-state index in [2.05, 4.69) is 5.32 Å². The first-order valence-electron chi connectivity index (χ1n) is 10.1. The molecule has 0 unspecified atom stereocenters. The molecule has 4 rings (SSSR count). The van der Waals surface area contributed by atoms with Gasteiger partial charge in [0.25, 0.3) is 5.91 Å². The SMILES string of the molecule is CCOc1cc(-c2ccccc2)nc2ccc(C(=O)Nc3cc(C)ccc3C)cc12. The molecule has 30 heavy (non-hydrogen) atoms. The maximum atomic E-state index is 12.9. The second kappa shape index (κ2) is 8.37. The van der Waals surface area contributed by atoms with Crippen LogP contribution in [0.25, 0.3) is 22.2 Å². The van der Waals surface area contributed by atoms with Gasteiger partial charge in [-0.2, -0.15) is 0 Å². The Balaban J connectivity index is 1.73. The minimum Gasteiger partial charge on any atom is -0.493 e. The zero-order valence-corrected chi connectivity index (χ0v) is 17.4. The van der Waals surface area contributed by atoms with Gasteiger partial charge in [-0.05, 0) is 56.2 Å². The Morgan fingerprint density at radius 3 is 2.53 bits per heavy atom. The third kappa shape index (κ3) is 4.03. The number of rotatable bonds is 5. The smallest absolute Gasteiger partial charge is 0.255 e. The second-order valence-electron chi connectivity index (χ2n) is 7.31. The van der Waals surface area contributed by atoms with Crippen LogP contribution in [0, 0.1) is 13.8 Å². The van der Waals surface area contributed by atoms with Crippen LogP contribution >= 0.6 is 0 Å². The summed E-state index contributed by atoms with van der Waals surface area (Å²) in [6.07, 6.45) is 0. The van der Waals surface area contributed by atoms with E-state index in [4.69, 9.17) is 9.72 Å². The van der Waals surface area contributed by atoms with Crippen molar-refractivity contribution in [3.05, 3.63) is 89.5 Å². The van der Waals surface area contributed by atoms with Crippen molar-refractivity contribution < 1.29 is 9.53 Å². The molecule has 0 bridgehead atoms. The number of hydrogen-bond acceptors (Lipinski definition) is 3. The summed E-state index contributed by atoms with van der Waals surface area (Å²) < 4.78 is 5.90. The van der Waals surface area contributed by atoms with Crippen molar-refractivity contribution in [1.29, 1.82) is 0 Å². The third-order valence-corrected chi connectivity index (χ3v) is 5.04. The van der Waals surface area contributed by atoms with Gasteiger partial charge in [0.2, 0.25) is 0 Å². The highest BCUT2D eigenvalue weighted by atomic mass is 16.5. The highest BCUT2D eigenvalue weighted by Gasteiger charge is 2.13. The number of benzene rings is 3. The molecule has 4 heteroatoms. The lowest BCUT2D eigenvalue weighted by atomic mass is 10.1. The fourth-order valence-corrected chi connectivity index (χ4v) is 3.43. The quantitative estimate of drug-likeness (QED) is 0.439. The number of fused-ring (bicyclic) bond motifs is 1. The number of amides is 1. The van der Waals surface area contributed by atoms with Crippen LogP contribution in [0.5, 0.6) is 5.75 Å². The number of hydrogen-bond donors (Lipinski definition) is 1. The van der Waals surface area contributed by atoms with Crippen molar-refractivity contribution in [2.24, 2.45) is 0 Å². The van der Waals surface area contributed by atoms with Crippen molar-refractivity contribution in [3.63, 3.8) is 0 Å². The zero-order valence-electron chi connectivity index (χ0n) is 17.4. The number of aromatic nitrogens is 1. The number of carbonyl (C=O) groups is 1. The number of nitrogens with one attached hydrogen (secondary N) is 1. The number of aryl methyl sites for hydroxylation is 2. The molecule has 1 heterocycles. The van der Waals surface area contributed by atoms with Crippen LogP contribution in [0.1, 0.15) is 28.4 Å². The van der Waals surface area contributed by atoms with E-state index in [1.54, 1.807) is 6.07 Å². The van der Waals surface area contributed by atoms with Crippen LogP contribution in [-0.4, -0.2) is 17.5 Å². The lowest BCUT2D eigenvalue weighted by Crippen LogP contribution is -2.13. The van der Waals surface area contributed by atoms with E-state index in [0.717, 1.165) is 44.7 Å². The highest BCUT2D eigenvalue weighted by molar-refractivity contribution is 6.07. The average Bonchev–Trinajstić information content (AvgIpc) is 2.76. The fraction of sp³-hybridized carbons (Fsp3) is 0.154. The van der Waals surface area contributed by atoms with Crippen molar-refractivity contribution >= 4 is 22.5 Å². The minimum absolute atomic E-state index is 0.153. The maximum absolute atomic E-state index is 12.9. The molecule has 4 nitrogen and oxygen atoms in total. The summed E-state index contributed by atoms with van der Waals surface area (Å²) in [7, 11) is 0. The van der Waals surface area contributed by atoms with E-state index in [1.165, 1.54) is 0 Å². The molecule has 150 valence electrons. The molecule has 1 aromatic heterocycles. The summed E-state index contributed by atoms with van der Waals surface area (Å²) in [5.41, 5.74) is 6.19. The number of nitrogens with zero attached hydrogens (tertiary/aromatic N) is 1. The van der Waals surface area contributed by atoms with Crippen molar-refractivity contribution in [1.82, 2.24) is 4.98 Å². The largest absolute Gasteiger partial charge is 0.493 e. The van der Waals surface area contributed by atoms with Gasteiger partial charge in [0.05, 0.1) is 17.8 Å². The molecule has 0 spiro atoms. The van der Waals surface area contributed by atoms with Gasteiger partial charge < -0.3 is 10.1 Å². The van der Waals surface area contributed by atoms with Crippen molar-refractivity contribution in [2.75, 3.05) is 11.9 Å². The molecular formula is C26H24N2O2. The molecule has 0 fully saturated rings. The Morgan fingerprint density at radius 2 is 1.77 bits per heavy atom. The number of pyridine rings is 1. The number of anilines is 1. The molecule has 0 saturated carbocycles. The first-order valence-corrected chi connectivity index (χ1v) is 10.1. The van der Waals surface area contributed by atoms with Crippen LogP contribution in [0.15, 0.2) is 72.8 Å². The van der Waals surface area contributed by atoms with Gasteiger partial charge in [0, 0.05) is 28.3 Å². The van der Waals surface area contributed by atoms with E-state index < -0.39 is 0 Å². The van der Waals surface area contributed by atoms with Crippen molar-refractivity contribution in [3.8, 4) is 17.0 Å². The van der Waals surface area contributed by atoms with Crippen LogP contribution in [-0.2, 0) is 0 Å². The van der Waals surface area contributed by atoms with Crippen LogP contribution in [0.3, 0.4) is 0 Å². The number of ether oxygens (including phenoxy) is 1. The Morgan fingerprint density at radius 1 is 0.967 bits per heavy atom. The van der Waals surface area contributed by atoms with Gasteiger partial charge in [-0.1, -0.05) is 42.5 Å². The topological polar surface area (TPSA) is 51.2 Å². The normalized spacial score (nSPS) is 10.8. The van der Waals surface area contributed by atoms with Crippen LogP contribution < -0.4 is 10.1 Å². The summed E-state index contributed by atoms with van der Waals surface area (Å²) in [5.74, 6) is 0.572. The number of carbonyl (C=O) groups excluding carboxylic acids is 1. The molecule has 1 N–H and O–H groups in total. The first kappa shape index (κ1) is 19.6. The molecule has 0 saturated heterocycles. The average molecular weight is 396 g/mol. The molecule has 0 aliphatic carbocycles. The Kier molecular flexibility index (Phi) is 5.48. The molecule has 3 aromatic carbocycles. The van der Waals surface area contributed by atoms with Gasteiger partial charge >= 0.3 is 0 Å². The molecule has 0 aliphatic rings. The lowest BCUT2D eigenvalue weighted by Gasteiger charge is -2.13. The molecule has 0 radical (unpaired) electrons. The van der Waals surface area contributed by atoms with E-state index in [0.29, 0.717) is 12.2 Å². The van der Waals surface area contributed by atoms with E-state index in [9.17, 15) is 4.79 Å². The standard InChI is InChI=1S/C26H24N2O2/c1-4-30-25-16-24(19-8-6-5-7-9-19)27-22-13-12-20(15-21(22)25)26(29)28-23-14-17(2)10-11-18(23)3/h5-16H,4H2,1-3H3,(H,28,29). The Hall–Kier alpha value is -3.66. The highest BCUT2D eigenvalue weighted by Crippen LogP contribution is 2.31. The van der Waals surface area contributed by atoms with Gasteiger partial charge in [0.1, 0.15) is 5.75 Å². The van der Waals surface area contributed by atoms with Crippen LogP contribution in [0.4, 0.5) is 5.69 Å². The minimum atomic E-state index is -0.153. The van der Waals surface area contributed by atoms with E-state index in [-0.39, 0.29) is 5.91 Å². The summed E-state index contributed by atoms with van der Waals surface area (Å²) in [6.45, 7) is 6.48. The summed E-state index contributed by atoms with van der Waals surface area (Å²) in [5, 5.41) is 3.84. The lowest BCUT2D eigenvalue weighted by molar-refractivity contribution is 0.102. The molecule has 0 atom stereocenters. The molecule has 4 aromatic rings. The fourth-order valence-electron chi connectivity index (χ4n) is 3.43. The molecule has 1 amide bonds. The predicted molar refractivity (Wildman–Crippen MR) is 122 cm³/mol. The third-order valence-electron chi connectivity index (χ3n) is 5.04. The van der Waals surface area contributed by atoms with E-state index >= 15 is 0 Å². The Bertz CT molecular complexity index is 1220. The van der Waals surface area contributed by atoms with Gasteiger partial charge in [-0.25, -0.2) is 4.98 Å². The summed E-state index contributed by atoms with van der Waals surface area (Å²) in [6, 6.07) is 23.5. The van der Waals surface area contributed by atoms with Gasteiger partial charge in [0.15, 0.2) is 0 Å².